The maximum atomic E-state index is 8.66. The molecule has 0 aliphatic heterocycles. The summed E-state index contributed by atoms with van der Waals surface area (Å²) in [5.74, 6) is 0. The molecular formula is C4H17N4O4PPt. The smallest absolute Gasteiger partial charge is 0.790 e. The van der Waals surface area contributed by atoms with Crippen molar-refractivity contribution in [2.75, 3.05) is 26.2 Å². The summed E-state index contributed by atoms with van der Waals surface area (Å²) in [6, 6.07) is 0. The molecule has 0 fully saturated rings. The van der Waals surface area contributed by atoms with Crippen LogP contribution in [0, 0.1) is 0 Å². The van der Waals surface area contributed by atoms with E-state index in [9.17, 15) is 0 Å². The molecule has 14 heavy (non-hydrogen) atoms. The first-order chi connectivity index (χ1) is 5.83. The first kappa shape index (κ1) is 24.1. The van der Waals surface area contributed by atoms with E-state index in [2.05, 4.69) is 0 Å². The van der Waals surface area contributed by atoms with Gasteiger partial charge >= 0.3 is 21.1 Å². The Morgan fingerprint density at radius 3 is 1.00 bits per heavy atom. The Balaban J connectivity index is -0.0000000522. The zero-order chi connectivity index (χ0) is 11.3. The molecular weight excluding hydrogens is 394 g/mol. The minimum atomic E-state index is -5.14. The van der Waals surface area contributed by atoms with Crippen LogP contribution in [0.1, 0.15) is 0 Å². The SMILES string of the molecule is NCCN.NCCN.O=P([O-])([O-])O.[Pt+2]. The number of phosphoric acid groups is 1. The molecule has 8 nitrogen and oxygen atoms in total. The molecule has 0 aliphatic carbocycles. The monoisotopic (exact) mass is 411 g/mol. The zero-order valence-electron chi connectivity index (χ0n) is 7.57. The van der Waals surface area contributed by atoms with Gasteiger partial charge in [0.15, 0.2) is 0 Å². The van der Waals surface area contributed by atoms with Gasteiger partial charge < -0.3 is 42.2 Å². The van der Waals surface area contributed by atoms with Crippen molar-refractivity contribution in [3.8, 4) is 0 Å². The number of nitrogens with two attached hydrogens (primary N) is 4. The van der Waals surface area contributed by atoms with Gasteiger partial charge in [-0.3, -0.25) is 0 Å². The van der Waals surface area contributed by atoms with Crippen LogP contribution in [0.3, 0.4) is 0 Å². The quantitative estimate of drug-likeness (QED) is 0.282. The molecule has 0 heterocycles. The van der Waals surface area contributed by atoms with E-state index in [-0.39, 0.29) is 21.1 Å². The zero-order valence-corrected chi connectivity index (χ0v) is 10.7. The maximum absolute atomic E-state index is 8.66. The molecule has 0 rings (SSSR count). The third-order valence-electron chi connectivity index (χ3n) is 0.333. The summed E-state index contributed by atoms with van der Waals surface area (Å²) >= 11 is 0. The third kappa shape index (κ3) is 246. The number of hydrogen-bond acceptors (Lipinski definition) is 7. The first-order valence-corrected chi connectivity index (χ1v) is 4.88. The van der Waals surface area contributed by atoms with Gasteiger partial charge in [-0.15, -0.1) is 0 Å². The van der Waals surface area contributed by atoms with Gasteiger partial charge in [-0.05, 0) is 0 Å². The third-order valence-corrected chi connectivity index (χ3v) is 0.333. The van der Waals surface area contributed by atoms with E-state index in [0.29, 0.717) is 26.2 Å². The van der Waals surface area contributed by atoms with Crippen LogP contribution in [0.15, 0.2) is 0 Å². The van der Waals surface area contributed by atoms with E-state index < -0.39 is 7.82 Å². The molecule has 0 aliphatic rings. The summed E-state index contributed by atoms with van der Waals surface area (Å²) in [6.07, 6.45) is 0. The van der Waals surface area contributed by atoms with Crippen LogP contribution in [-0.4, -0.2) is 31.1 Å². The molecule has 0 bridgehead atoms. The van der Waals surface area contributed by atoms with Gasteiger partial charge in [0.25, 0.3) is 0 Å². The topological polar surface area (TPSA) is 188 Å². The molecule has 0 spiro atoms. The molecule has 0 saturated heterocycles. The number of rotatable bonds is 2. The van der Waals surface area contributed by atoms with Crippen molar-refractivity contribution in [1.29, 1.82) is 0 Å². The van der Waals surface area contributed by atoms with E-state index in [0.717, 1.165) is 0 Å². The summed E-state index contributed by atoms with van der Waals surface area (Å²) < 4.78 is 8.66. The minimum Gasteiger partial charge on any atom is -0.790 e. The van der Waals surface area contributed by atoms with E-state index in [1.165, 1.54) is 0 Å². The molecule has 0 saturated carbocycles. The van der Waals surface area contributed by atoms with E-state index in [4.69, 9.17) is 42.2 Å². The van der Waals surface area contributed by atoms with Crippen molar-refractivity contribution in [2.24, 2.45) is 22.9 Å². The second kappa shape index (κ2) is 19.2. The Hall–Kier alpha value is 0.638. The van der Waals surface area contributed by atoms with Crippen molar-refractivity contribution in [1.82, 2.24) is 0 Å². The normalized spacial score (nSPS) is 8.50. The van der Waals surface area contributed by atoms with Gasteiger partial charge in [-0.25, -0.2) is 0 Å². The van der Waals surface area contributed by atoms with Gasteiger partial charge in [0.1, 0.15) is 0 Å². The number of hydrogen-bond donors (Lipinski definition) is 5. The van der Waals surface area contributed by atoms with E-state index >= 15 is 0 Å². The predicted molar refractivity (Wildman–Crippen MR) is 46.0 cm³/mol. The summed E-state index contributed by atoms with van der Waals surface area (Å²) in [7, 11) is -5.14. The molecule has 92 valence electrons. The van der Waals surface area contributed by atoms with Crippen LogP contribution in [0.5, 0.6) is 0 Å². The van der Waals surface area contributed by atoms with Gasteiger partial charge in [0.2, 0.25) is 0 Å². The fraction of sp³-hybridized carbons (Fsp3) is 1.00. The van der Waals surface area contributed by atoms with Crippen LogP contribution in [0.4, 0.5) is 0 Å². The average molecular weight is 411 g/mol. The fourth-order valence-electron chi connectivity index (χ4n) is 0. The van der Waals surface area contributed by atoms with Crippen LogP contribution in [0.25, 0.3) is 0 Å². The van der Waals surface area contributed by atoms with E-state index in [1.807, 2.05) is 0 Å². The molecule has 0 aromatic carbocycles. The van der Waals surface area contributed by atoms with Gasteiger partial charge in [0, 0.05) is 26.2 Å². The van der Waals surface area contributed by atoms with Gasteiger partial charge in [-0.1, -0.05) is 0 Å². The first-order valence-electron chi connectivity index (χ1n) is 3.38. The predicted octanol–water partition coefficient (Wildman–Crippen LogP) is -4.39. The fourth-order valence-corrected chi connectivity index (χ4v) is 0. The molecule has 0 atom stereocenters. The van der Waals surface area contributed by atoms with Crippen molar-refractivity contribution < 1.29 is 40.3 Å². The summed E-state index contributed by atoms with van der Waals surface area (Å²) in [5, 5.41) is 0. The Labute approximate surface area is 97.5 Å². The standard InChI is InChI=1S/2C2H8N2.H3O4P.Pt/c2*3-1-2-4;1-5(2,3)4;/h2*1-4H2;(H3,1,2,3,4);/q;;;+2/p-2. The van der Waals surface area contributed by atoms with Crippen molar-refractivity contribution in [3.63, 3.8) is 0 Å². The Kier molecular flexibility index (Phi) is 33.1. The van der Waals surface area contributed by atoms with Crippen LogP contribution in [-0.2, 0) is 25.6 Å². The molecule has 9 N–H and O–H groups in total. The molecule has 10 heteroatoms. The molecule has 0 aromatic rings. The molecule has 0 amide bonds. The average Bonchev–Trinajstić information content (AvgIpc) is 2.01. The largest absolute Gasteiger partial charge is 2.00 e. The van der Waals surface area contributed by atoms with Crippen molar-refractivity contribution in [2.45, 2.75) is 0 Å². The second-order valence-corrected chi connectivity index (χ2v) is 2.56. The van der Waals surface area contributed by atoms with Crippen LogP contribution >= 0.6 is 7.82 Å². The van der Waals surface area contributed by atoms with Gasteiger partial charge in [0.05, 0.1) is 7.82 Å². The van der Waals surface area contributed by atoms with Crippen molar-refractivity contribution >= 4 is 7.82 Å². The van der Waals surface area contributed by atoms with Crippen LogP contribution in [0.2, 0.25) is 0 Å². The second-order valence-electron chi connectivity index (χ2n) is 1.62. The molecule has 0 radical (unpaired) electrons. The Bertz CT molecular complexity index is 108. The van der Waals surface area contributed by atoms with Gasteiger partial charge in [-0.2, -0.15) is 0 Å². The Morgan fingerprint density at radius 2 is 1.00 bits per heavy atom. The molecule has 0 unspecified atom stereocenters. The molecule has 0 aromatic heterocycles. The Morgan fingerprint density at radius 1 is 0.929 bits per heavy atom. The maximum Gasteiger partial charge on any atom is 2.00 e. The van der Waals surface area contributed by atoms with Crippen LogP contribution < -0.4 is 32.7 Å². The summed E-state index contributed by atoms with van der Waals surface area (Å²) in [4.78, 5) is 24.3. The summed E-state index contributed by atoms with van der Waals surface area (Å²) in [6.45, 7) is 2.39. The van der Waals surface area contributed by atoms with E-state index in [1.54, 1.807) is 0 Å². The van der Waals surface area contributed by atoms with Crippen molar-refractivity contribution in [3.05, 3.63) is 0 Å². The minimum absolute atomic E-state index is 0. The summed E-state index contributed by atoms with van der Waals surface area (Å²) in [5.41, 5.74) is 19.6.